The largest absolute Gasteiger partial charge is 0.497 e. The van der Waals surface area contributed by atoms with Gasteiger partial charge in [0.2, 0.25) is 0 Å². The fourth-order valence-corrected chi connectivity index (χ4v) is 4.91. The summed E-state index contributed by atoms with van der Waals surface area (Å²) in [5, 5.41) is 3.68. The number of benzene rings is 1. The van der Waals surface area contributed by atoms with Gasteiger partial charge in [0.25, 0.3) is 0 Å². The van der Waals surface area contributed by atoms with E-state index in [-0.39, 0.29) is 0 Å². The molecule has 2 aliphatic rings. The van der Waals surface area contributed by atoms with Crippen LogP contribution in [0.25, 0.3) is 0 Å². The maximum Gasteiger partial charge on any atom is 0.150 e. The summed E-state index contributed by atoms with van der Waals surface area (Å²) in [5.74, 6) is 1.54. The second-order valence-corrected chi connectivity index (χ2v) is 8.41. The van der Waals surface area contributed by atoms with Gasteiger partial charge in [-0.25, -0.2) is 8.42 Å². The van der Waals surface area contributed by atoms with Crippen LogP contribution in [0.4, 0.5) is 0 Å². The zero-order chi connectivity index (χ0) is 14.9. The SMILES string of the molecule is COc1ccc2c(c1)C(NC1CCS(=O)(=O)CC1)CCC2. The highest BCUT2D eigenvalue weighted by Gasteiger charge is 2.28. The molecule has 1 fully saturated rings. The molecule has 1 aromatic rings. The molecule has 1 aromatic carbocycles. The average molecular weight is 309 g/mol. The molecular weight excluding hydrogens is 286 g/mol. The van der Waals surface area contributed by atoms with Gasteiger partial charge in [0, 0.05) is 12.1 Å². The normalized spacial score (nSPS) is 25.3. The highest BCUT2D eigenvalue weighted by Crippen LogP contribution is 2.33. The van der Waals surface area contributed by atoms with Crippen LogP contribution in [0.3, 0.4) is 0 Å². The molecule has 1 aliphatic carbocycles. The number of hydrogen-bond donors (Lipinski definition) is 1. The van der Waals surface area contributed by atoms with Crippen molar-refractivity contribution in [3.8, 4) is 5.75 Å². The number of aryl methyl sites for hydroxylation is 1. The standard InChI is InChI=1S/C16H23NO3S/c1-20-14-6-5-12-3-2-4-16(15(12)11-14)17-13-7-9-21(18,19)10-8-13/h5-6,11,13,16-17H,2-4,7-10H2,1H3. The van der Waals surface area contributed by atoms with E-state index < -0.39 is 9.84 Å². The van der Waals surface area contributed by atoms with Crippen LogP contribution in [0, 0.1) is 0 Å². The summed E-state index contributed by atoms with van der Waals surface area (Å²) in [6.07, 6.45) is 4.89. The summed E-state index contributed by atoms with van der Waals surface area (Å²) >= 11 is 0. The van der Waals surface area contributed by atoms with Crippen molar-refractivity contribution < 1.29 is 13.2 Å². The van der Waals surface area contributed by atoms with Crippen LogP contribution in [0.1, 0.15) is 42.9 Å². The van der Waals surface area contributed by atoms with Crippen LogP contribution in [-0.2, 0) is 16.3 Å². The van der Waals surface area contributed by atoms with Gasteiger partial charge < -0.3 is 10.1 Å². The van der Waals surface area contributed by atoms with E-state index in [0.717, 1.165) is 31.4 Å². The lowest BCUT2D eigenvalue weighted by Crippen LogP contribution is -2.40. The molecule has 4 nitrogen and oxygen atoms in total. The van der Waals surface area contributed by atoms with Crippen molar-refractivity contribution in [3.63, 3.8) is 0 Å². The number of rotatable bonds is 3. The molecule has 1 heterocycles. The second-order valence-electron chi connectivity index (χ2n) is 6.10. The number of nitrogens with one attached hydrogen (secondary N) is 1. The van der Waals surface area contributed by atoms with Gasteiger partial charge in [-0.2, -0.15) is 0 Å². The van der Waals surface area contributed by atoms with Gasteiger partial charge in [-0.1, -0.05) is 6.07 Å². The number of ether oxygens (including phenoxy) is 1. The van der Waals surface area contributed by atoms with E-state index in [4.69, 9.17) is 4.74 Å². The van der Waals surface area contributed by atoms with Crippen molar-refractivity contribution in [2.45, 2.75) is 44.2 Å². The monoisotopic (exact) mass is 309 g/mol. The van der Waals surface area contributed by atoms with E-state index in [1.54, 1.807) is 7.11 Å². The molecule has 1 N–H and O–H groups in total. The Morgan fingerprint density at radius 2 is 1.95 bits per heavy atom. The molecule has 21 heavy (non-hydrogen) atoms. The average Bonchev–Trinajstić information content (AvgIpc) is 2.49. The van der Waals surface area contributed by atoms with Crippen LogP contribution in [0.15, 0.2) is 18.2 Å². The Kier molecular flexibility index (Phi) is 4.22. The van der Waals surface area contributed by atoms with E-state index in [2.05, 4.69) is 17.4 Å². The molecule has 1 aliphatic heterocycles. The van der Waals surface area contributed by atoms with Crippen molar-refractivity contribution in [1.29, 1.82) is 0 Å². The molecular formula is C16H23NO3S. The minimum absolute atomic E-state index is 0.315. The molecule has 116 valence electrons. The van der Waals surface area contributed by atoms with Gasteiger partial charge in [-0.3, -0.25) is 0 Å². The first-order chi connectivity index (χ1) is 10.1. The number of hydrogen-bond acceptors (Lipinski definition) is 4. The summed E-state index contributed by atoms with van der Waals surface area (Å²) in [4.78, 5) is 0. The first kappa shape index (κ1) is 14.9. The number of sulfone groups is 1. The molecule has 0 bridgehead atoms. The maximum absolute atomic E-state index is 11.5. The van der Waals surface area contributed by atoms with Crippen LogP contribution in [0.2, 0.25) is 0 Å². The Bertz CT molecular complexity index is 598. The van der Waals surface area contributed by atoms with Gasteiger partial charge in [-0.05, 0) is 55.4 Å². The number of methoxy groups -OCH3 is 1. The molecule has 3 rings (SSSR count). The first-order valence-electron chi connectivity index (χ1n) is 7.71. The number of fused-ring (bicyclic) bond motifs is 1. The molecule has 1 atom stereocenters. The van der Waals surface area contributed by atoms with Crippen molar-refractivity contribution in [3.05, 3.63) is 29.3 Å². The summed E-state index contributed by atoms with van der Waals surface area (Å²) in [7, 11) is -1.09. The van der Waals surface area contributed by atoms with Crippen LogP contribution >= 0.6 is 0 Å². The topological polar surface area (TPSA) is 55.4 Å². The Balaban J connectivity index is 1.73. The Labute approximate surface area is 126 Å². The van der Waals surface area contributed by atoms with Crippen molar-refractivity contribution >= 4 is 9.84 Å². The molecule has 0 saturated carbocycles. The zero-order valence-corrected chi connectivity index (χ0v) is 13.3. The van der Waals surface area contributed by atoms with E-state index in [1.807, 2.05) is 6.07 Å². The molecule has 0 radical (unpaired) electrons. The fourth-order valence-electron chi connectivity index (χ4n) is 3.42. The zero-order valence-electron chi connectivity index (χ0n) is 12.5. The minimum Gasteiger partial charge on any atom is -0.497 e. The van der Waals surface area contributed by atoms with Gasteiger partial charge in [-0.15, -0.1) is 0 Å². The third kappa shape index (κ3) is 3.40. The first-order valence-corrected chi connectivity index (χ1v) is 9.53. The Hall–Kier alpha value is -1.07. The highest BCUT2D eigenvalue weighted by molar-refractivity contribution is 7.91. The Morgan fingerprint density at radius 1 is 1.19 bits per heavy atom. The van der Waals surface area contributed by atoms with Crippen molar-refractivity contribution in [2.75, 3.05) is 18.6 Å². The van der Waals surface area contributed by atoms with E-state index >= 15 is 0 Å². The summed E-state index contributed by atoms with van der Waals surface area (Å²) in [5.41, 5.74) is 2.72. The molecule has 0 aromatic heterocycles. The fraction of sp³-hybridized carbons (Fsp3) is 0.625. The quantitative estimate of drug-likeness (QED) is 0.930. The lowest BCUT2D eigenvalue weighted by Gasteiger charge is -2.32. The van der Waals surface area contributed by atoms with E-state index in [1.165, 1.54) is 17.5 Å². The summed E-state index contributed by atoms with van der Waals surface area (Å²) < 4.78 is 28.4. The molecule has 1 unspecified atom stereocenters. The third-order valence-corrected chi connectivity index (χ3v) is 6.37. The summed E-state index contributed by atoms with van der Waals surface area (Å²) in [6, 6.07) is 6.96. The van der Waals surface area contributed by atoms with Gasteiger partial charge in [0.1, 0.15) is 15.6 Å². The predicted molar refractivity (Wildman–Crippen MR) is 83.5 cm³/mol. The smallest absolute Gasteiger partial charge is 0.150 e. The summed E-state index contributed by atoms with van der Waals surface area (Å²) in [6.45, 7) is 0. The maximum atomic E-state index is 11.5. The third-order valence-electron chi connectivity index (χ3n) is 4.66. The lowest BCUT2D eigenvalue weighted by atomic mass is 9.87. The van der Waals surface area contributed by atoms with Crippen molar-refractivity contribution in [1.82, 2.24) is 5.32 Å². The van der Waals surface area contributed by atoms with Crippen LogP contribution < -0.4 is 10.1 Å². The highest BCUT2D eigenvalue weighted by atomic mass is 32.2. The van der Waals surface area contributed by atoms with Crippen molar-refractivity contribution in [2.24, 2.45) is 0 Å². The molecule has 0 spiro atoms. The van der Waals surface area contributed by atoms with E-state index in [9.17, 15) is 8.42 Å². The predicted octanol–water partition coefficient (Wildman–Crippen LogP) is 2.24. The molecule has 0 amide bonds. The van der Waals surface area contributed by atoms with Crippen LogP contribution in [-0.4, -0.2) is 33.1 Å². The lowest BCUT2D eigenvalue weighted by molar-refractivity contribution is 0.369. The minimum atomic E-state index is -2.79. The van der Waals surface area contributed by atoms with E-state index in [0.29, 0.717) is 23.6 Å². The van der Waals surface area contributed by atoms with Gasteiger partial charge in [0.05, 0.1) is 18.6 Å². The van der Waals surface area contributed by atoms with Gasteiger partial charge >= 0.3 is 0 Å². The Morgan fingerprint density at radius 3 is 2.67 bits per heavy atom. The van der Waals surface area contributed by atoms with Gasteiger partial charge in [0.15, 0.2) is 0 Å². The van der Waals surface area contributed by atoms with Crippen LogP contribution in [0.5, 0.6) is 5.75 Å². The molecule has 5 heteroatoms. The second kappa shape index (κ2) is 5.97. The molecule has 1 saturated heterocycles.